The number of aromatic amines is 1. The second-order valence-corrected chi connectivity index (χ2v) is 5.59. The Balaban J connectivity index is 1.81. The molecule has 0 radical (unpaired) electrons. The minimum atomic E-state index is 0.351. The number of fused-ring (bicyclic) bond motifs is 3. The molecule has 126 valence electrons. The predicted octanol–water partition coefficient (Wildman–Crippen LogP) is 4.29. The molecule has 1 aromatic carbocycles. The third-order valence-corrected chi connectivity index (χ3v) is 3.73. The maximum absolute atomic E-state index is 4.44. The number of H-pyrrole nitrogens is 1. The standard InChI is InChI=1S/C19H20N6/c1-4-6-7-8-14(5-2)12-20-24-19-22-18-17(23-25-19)15-10-9-13(3)11-16(15)21-18/h4,6-12H,1,5H2,2-3H3,(H2,21,22,24,25)/b7-6-,14-8+,20-12+. The molecule has 2 N–H and O–H groups in total. The number of rotatable bonds is 6. The van der Waals surface area contributed by atoms with Crippen LogP contribution in [0.5, 0.6) is 0 Å². The molecule has 0 bridgehead atoms. The zero-order valence-corrected chi connectivity index (χ0v) is 14.3. The van der Waals surface area contributed by atoms with Gasteiger partial charge in [0.15, 0.2) is 5.65 Å². The van der Waals surface area contributed by atoms with E-state index in [0.717, 1.165) is 28.4 Å². The smallest absolute Gasteiger partial charge is 0.265 e. The molecule has 0 saturated heterocycles. The lowest BCUT2D eigenvalue weighted by Gasteiger charge is -1.98. The average Bonchev–Trinajstić information content (AvgIpc) is 2.97. The van der Waals surface area contributed by atoms with Gasteiger partial charge in [0.2, 0.25) is 0 Å². The van der Waals surface area contributed by atoms with Crippen LogP contribution in [-0.4, -0.2) is 26.4 Å². The number of aryl methyl sites for hydroxylation is 1. The van der Waals surface area contributed by atoms with E-state index in [4.69, 9.17) is 0 Å². The van der Waals surface area contributed by atoms with E-state index in [1.807, 2.05) is 30.4 Å². The Morgan fingerprint density at radius 2 is 2.20 bits per heavy atom. The zero-order chi connectivity index (χ0) is 17.6. The average molecular weight is 332 g/mol. The topological polar surface area (TPSA) is 78.8 Å². The van der Waals surface area contributed by atoms with E-state index in [1.54, 1.807) is 12.3 Å². The Labute approximate surface area is 146 Å². The molecule has 0 aliphatic carbocycles. The van der Waals surface area contributed by atoms with E-state index in [2.05, 4.69) is 57.2 Å². The fourth-order valence-electron chi connectivity index (χ4n) is 2.42. The van der Waals surface area contributed by atoms with Gasteiger partial charge in [-0.05, 0) is 30.5 Å². The largest absolute Gasteiger partial charge is 0.338 e. The van der Waals surface area contributed by atoms with Crippen LogP contribution in [0.4, 0.5) is 5.95 Å². The summed E-state index contributed by atoms with van der Waals surface area (Å²) in [6, 6.07) is 6.15. The van der Waals surface area contributed by atoms with Crippen molar-refractivity contribution in [2.45, 2.75) is 20.3 Å². The molecular weight excluding hydrogens is 312 g/mol. The molecule has 0 saturated carbocycles. The van der Waals surface area contributed by atoms with Crippen LogP contribution in [0.25, 0.3) is 22.1 Å². The summed E-state index contributed by atoms with van der Waals surface area (Å²) in [5, 5.41) is 13.6. The molecule has 2 heterocycles. The number of hydrazone groups is 1. The Kier molecular flexibility index (Phi) is 4.99. The molecule has 3 rings (SSSR count). The van der Waals surface area contributed by atoms with Gasteiger partial charge in [0.05, 0.1) is 6.21 Å². The Hall–Kier alpha value is -3.28. The number of allylic oxidation sites excluding steroid dienone is 5. The highest BCUT2D eigenvalue weighted by molar-refractivity contribution is 6.03. The van der Waals surface area contributed by atoms with Gasteiger partial charge in [0.1, 0.15) is 5.52 Å². The third-order valence-electron chi connectivity index (χ3n) is 3.73. The van der Waals surface area contributed by atoms with E-state index in [1.165, 1.54) is 5.56 Å². The molecule has 0 amide bonds. The number of anilines is 1. The van der Waals surface area contributed by atoms with Gasteiger partial charge in [0.25, 0.3) is 5.95 Å². The van der Waals surface area contributed by atoms with Crippen LogP contribution in [-0.2, 0) is 0 Å². The van der Waals surface area contributed by atoms with Crippen molar-refractivity contribution in [2.24, 2.45) is 5.10 Å². The highest BCUT2D eigenvalue weighted by Gasteiger charge is 2.08. The maximum Gasteiger partial charge on any atom is 0.265 e. The van der Waals surface area contributed by atoms with Crippen molar-refractivity contribution >= 4 is 34.2 Å². The summed E-state index contributed by atoms with van der Waals surface area (Å²) in [5.74, 6) is 0.351. The van der Waals surface area contributed by atoms with Gasteiger partial charge in [-0.25, -0.2) is 5.43 Å². The molecular formula is C19H20N6. The summed E-state index contributed by atoms with van der Waals surface area (Å²) >= 11 is 0. The molecule has 0 fully saturated rings. The van der Waals surface area contributed by atoms with Crippen LogP contribution in [0.3, 0.4) is 0 Å². The summed E-state index contributed by atoms with van der Waals surface area (Å²) in [5.41, 5.74) is 7.53. The van der Waals surface area contributed by atoms with Crippen molar-refractivity contribution < 1.29 is 0 Å². The molecule has 3 aromatic rings. The van der Waals surface area contributed by atoms with Crippen molar-refractivity contribution in [1.82, 2.24) is 20.2 Å². The minimum Gasteiger partial charge on any atom is -0.338 e. The number of benzene rings is 1. The highest BCUT2D eigenvalue weighted by Crippen LogP contribution is 2.23. The first-order valence-corrected chi connectivity index (χ1v) is 8.11. The first-order chi connectivity index (χ1) is 12.2. The SMILES string of the molecule is C=C\C=C/C=C(/C=N/Nc1nnc2c(n1)[nH]c1cc(C)ccc12)CC. The summed E-state index contributed by atoms with van der Waals surface area (Å²) in [6.07, 6.45) is 10.1. The maximum atomic E-state index is 4.44. The summed E-state index contributed by atoms with van der Waals surface area (Å²) < 4.78 is 0. The monoisotopic (exact) mass is 332 g/mol. The molecule has 0 aliphatic heterocycles. The van der Waals surface area contributed by atoms with Crippen molar-refractivity contribution in [3.05, 3.63) is 60.2 Å². The van der Waals surface area contributed by atoms with E-state index >= 15 is 0 Å². The summed E-state index contributed by atoms with van der Waals surface area (Å²) in [4.78, 5) is 7.71. The van der Waals surface area contributed by atoms with Gasteiger partial charge in [-0.1, -0.05) is 49.9 Å². The Morgan fingerprint density at radius 3 is 3.00 bits per heavy atom. The Bertz CT molecular complexity index is 994. The van der Waals surface area contributed by atoms with E-state index in [9.17, 15) is 0 Å². The lowest BCUT2D eigenvalue weighted by molar-refractivity contribution is 1.01. The number of nitrogens with one attached hydrogen (secondary N) is 2. The third kappa shape index (κ3) is 3.80. The van der Waals surface area contributed by atoms with Crippen molar-refractivity contribution in [3.8, 4) is 0 Å². The van der Waals surface area contributed by atoms with Crippen LogP contribution in [0.1, 0.15) is 18.9 Å². The fraction of sp³-hybridized carbons (Fsp3) is 0.158. The summed E-state index contributed by atoms with van der Waals surface area (Å²) in [7, 11) is 0. The normalized spacial score (nSPS) is 12.6. The molecule has 6 nitrogen and oxygen atoms in total. The number of hydrogen-bond donors (Lipinski definition) is 2. The van der Waals surface area contributed by atoms with Crippen LogP contribution in [0, 0.1) is 6.92 Å². The summed E-state index contributed by atoms with van der Waals surface area (Å²) in [6.45, 7) is 7.76. The molecule has 0 atom stereocenters. The molecule has 0 unspecified atom stereocenters. The number of aromatic nitrogens is 4. The molecule has 0 spiro atoms. The number of nitrogens with zero attached hydrogens (tertiary/aromatic N) is 4. The van der Waals surface area contributed by atoms with Crippen LogP contribution in [0.15, 0.2) is 59.8 Å². The Morgan fingerprint density at radius 1 is 1.32 bits per heavy atom. The highest BCUT2D eigenvalue weighted by atomic mass is 15.4. The first kappa shape index (κ1) is 16.6. The molecule has 2 aromatic heterocycles. The van der Waals surface area contributed by atoms with E-state index in [0.29, 0.717) is 11.6 Å². The predicted molar refractivity (Wildman–Crippen MR) is 104 cm³/mol. The van der Waals surface area contributed by atoms with Gasteiger partial charge in [0, 0.05) is 10.9 Å². The van der Waals surface area contributed by atoms with Gasteiger partial charge < -0.3 is 4.98 Å². The van der Waals surface area contributed by atoms with Crippen LogP contribution < -0.4 is 5.43 Å². The molecule has 25 heavy (non-hydrogen) atoms. The molecule has 6 heteroatoms. The van der Waals surface area contributed by atoms with Gasteiger partial charge in [-0.2, -0.15) is 10.1 Å². The van der Waals surface area contributed by atoms with E-state index < -0.39 is 0 Å². The lowest BCUT2D eigenvalue weighted by Crippen LogP contribution is -1.99. The first-order valence-electron chi connectivity index (χ1n) is 8.11. The molecule has 0 aliphatic rings. The van der Waals surface area contributed by atoms with Gasteiger partial charge >= 0.3 is 0 Å². The second-order valence-electron chi connectivity index (χ2n) is 5.59. The zero-order valence-electron chi connectivity index (χ0n) is 14.3. The van der Waals surface area contributed by atoms with Crippen molar-refractivity contribution in [1.29, 1.82) is 0 Å². The van der Waals surface area contributed by atoms with Gasteiger partial charge in [-0.15, -0.1) is 10.2 Å². The second kappa shape index (κ2) is 7.53. The van der Waals surface area contributed by atoms with Crippen LogP contribution in [0.2, 0.25) is 0 Å². The van der Waals surface area contributed by atoms with Crippen LogP contribution >= 0.6 is 0 Å². The van der Waals surface area contributed by atoms with Crippen molar-refractivity contribution in [2.75, 3.05) is 5.43 Å². The van der Waals surface area contributed by atoms with E-state index in [-0.39, 0.29) is 0 Å². The van der Waals surface area contributed by atoms with Crippen molar-refractivity contribution in [3.63, 3.8) is 0 Å². The number of hydrogen-bond acceptors (Lipinski definition) is 5. The fourth-order valence-corrected chi connectivity index (χ4v) is 2.42. The lowest BCUT2D eigenvalue weighted by atomic mass is 10.2. The minimum absolute atomic E-state index is 0.351. The quantitative estimate of drug-likeness (QED) is 0.401. The van der Waals surface area contributed by atoms with Gasteiger partial charge in [-0.3, -0.25) is 0 Å².